The SMILES string of the molecule is O=C(NCC(=O)N1N=C(c2ccccc2Cl)CC1c1ccccc1F)c1ccccc1Cl. The second-order valence-corrected chi connectivity index (χ2v) is 7.98. The largest absolute Gasteiger partial charge is 0.343 e. The summed E-state index contributed by atoms with van der Waals surface area (Å²) in [5.41, 5.74) is 1.83. The predicted octanol–water partition coefficient (Wildman–Crippen LogP) is 5.24. The van der Waals surface area contributed by atoms with Gasteiger partial charge in [-0.25, -0.2) is 9.40 Å². The Morgan fingerprint density at radius 3 is 2.34 bits per heavy atom. The molecule has 1 heterocycles. The van der Waals surface area contributed by atoms with Gasteiger partial charge < -0.3 is 5.32 Å². The molecule has 0 radical (unpaired) electrons. The van der Waals surface area contributed by atoms with Crippen LogP contribution in [0.5, 0.6) is 0 Å². The summed E-state index contributed by atoms with van der Waals surface area (Å²) in [4.78, 5) is 25.5. The van der Waals surface area contributed by atoms with Gasteiger partial charge in [0.2, 0.25) is 0 Å². The highest BCUT2D eigenvalue weighted by atomic mass is 35.5. The van der Waals surface area contributed by atoms with Crippen LogP contribution in [0.4, 0.5) is 4.39 Å². The van der Waals surface area contributed by atoms with Crippen LogP contribution in [0, 0.1) is 5.82 Å². The van der Waals surface area contributed by atoms with E-state index in [0.29, 0.717) is 21.9 Å². The molecular formula is C24H18Cl2FN3O2. The van der Waals surface area contributed by atoms with Crippen LogP contribution in [0.25, 0.3) is 0 Å². The van der Waals surface area contributed by atoms with E-state index in [0.717, 1.165) is 0 Å². The van der Waals surface area contributed by atoms with Gasteiger partial charge in [0.05, 0.1) is 28.9 Å². The first kappa shape index (κ1) is 22.0. The minimum atomic E-state index is -0.660. The number of nitrogens with one attached hydrogen (secondary N) is 1. The maximum Gasteiger partial charge on any atom is 0.262 e. The van der Waals surface area contributed by atoms with Crippen molar-refractivity contribution in [2.24, 2.45) is 5.10 Å². The van der Waals surface area contributed by atoms with Crippen molar-refractivity contribution in [3.05, 3.63) is 105 Å². The van der Waals surface area contributed by atoms with Crippen molar-refractivity contribution >= 4 is 40.7 Å². The van der Waals surface area contributed by atoms with Gasteiger partial charge in [0.25, 0.3) is 11.8 Å². The Balaban J connectivity index is 1.59. The normalized spacial score (nSPS) is 15.4. The lowest BCUT2D eigenvalue weighted by atomic mass is 9.98. The summed E-state index contributed by atoms with van der Waals surface area (Å²) in [5.74, 6) is -1.41. The maximum atomic E-state index is 14.6. The zero-order chi connectivity index (χ0) is 22.7. The van der Waals surface area contributed by atoms with Crippen LogP contribution in [0.15, 0.2) is 77.9 Å². The molecule has 1 atom stereocenters. The molecular weight excluding hydrogens is 452 g/mol. The quantitative estimate of drug-likeness (QED) is 0.555. The Labute approximate surface area is 194 Å². The van der Waals surface area contributed by atoms with Crippen LogP contribution < -0.4 is 5.32 Å². The number of rotatable bonds is 5. The van der Waals surface area contributed by atoms with E-state index >= 15 is 0 Å². The van der Waals surface area contributed by atoms with Crippen LogP contribution in [-0.2, 0) is 4.79 Å². The Hall–Kier alpha value is -3.22. The first-order valence-corrected chi connectivity index (χ1v) is 10.6. The Bertz CT molecular complexity index is 1220. The van der Waals surface area contributed by atoms with Gasteiger partial charge in [-0.1, -0.05) is 71.7 Å². The molecule has 0 aromatic heterocycles. The second-order valence-electron chi connectivity index (χ2n) is 7.17. The lowest BCUT2D eigenvalue weighted by Crippen LogP contribution is -2.38. The van der Waals surface area contributed by atoms with Gasteiger partial charge in [-0.15, -0.1) is 0 Å². The molecule has 3 aromatic rings. The Morgan fingerprint density at radius 1 is 0.969 bits per heavy atom. The zero-order valence-corrected chi connectivity index (χ0v) is 18.3. The van der Waals surface area contributed by atoms with E-state index in [2.05, 4.69) is 10.4 Å². The number of benzene rings is 3. The summed E-state index contributed by atoms with van der Waals surface area (Å²) in [7, 11) is 0. The lowest BCUT2D eigenvalue weighted by molar-refractivity contribution is -0.131. The van der Waals surface area contributed by atoms with Gasteiger partial charge in [-0.2, -0.15) is 5.10 Å². The van der Waals surface area contributed by atoms with E-state index < -0.39 is 23.7 Å². The minimum Gasteiger partial charge on any atom is -0.343 e. The second kappa shape index (κ2) is 9.51. The van der Waals surface area contributed by atoms with Crippen LogP contribution in [0.1, 0.15) is 33.9 Å². The highest BCUT2D eigenvalue weighted by Crippen LogP contribution is 2.35. The van der Waals surface area contributed by atoms with Gasteiger partial charge in [0.15, 0.2) is 0 Å². The number of amides is 2. The zero-order valence-electron chi connectivity index (χ0n) is 16.8. The molecule has 1 aliphatic rings. The van der Waals surface area contributed by atoms with E-state index in [4.69, 9.17) is 23.2 Å². The molecule has 5 nitrogen and oxygen atoms in total. The van der Waals surface area contributed by atoms with Crippen molar-refractivity contribution in [1.82, 2.24) is 10.3 Å². The molecule has 0 bridgehead atoms. The minimum absolute atomic E-state index is 0.259. The van der Waals surface area contributed by atoms with E-state index in [1.165, 1.54) is 11.1 Å². The average Bonchev–Trinajstić information content (AvgIpc) is 3.23. The molecule has 2 amide bonds. The van der Waals surface area contributed by atoms with E-state index in [1.54, 1.807) is 60.7 Å². The highest BCUT2D eigenvalue weighted by molar-refractivity contribution is 6.34. The lowest BCUT2D eigenvalue weighted by Gasteiger charge is -2.22. The average molecular weight is 470 g/mol. The van der Waals surface area contributed by atoms with E-state index in [9.17, 15) is 14.0 Å². The van der Waals surface area contributed by atoms with Gasteiger partial charge in [-0.05, 0) is 24.3 Å². The van der Waals surface area contributed by atoms with Crippen molar-refractivity contribution in [3.8, 4) is 0 Å². The first-order valence-electron chi connectivity index (χ1n) is 9.87. The molecule has 1 unspecified atom stereocenters. The maximum absolute atomic E-state index is 14.6. The van der Waals surface area contributed by atoms with E-state index in [-0.39, 0.29) is 23.6 Å². The molecule has 1 N–H and O–H groups in total. The van der Waals surface area contributed by atoms with Gasteiger partial charge in [0.1, 0.15) is 5.82 Å². The van der Waals surface area contributed by atoms with Crippen molar-refractivity contribution in [2.45, 2.75) is 12.5 Å². The van der Waals surface area contributed by atoms with Crippen LogP contribution in [-0.4, -0.2) is 29.1 Å². The monoisotopic (exact) mass is 469 g/mol. The summed E-state index contributed by atoms with van der Waals surface area (Å²) >= 11 is 12.4. The van der Waals surface area contributed by atoms with Crippen molar-refractivity contribution in [3.63, 3.8) is 0 Å². The number of hydrogen-bond donors (Lipinski definition) is 1. The third-order valence-corrected chi connectivity index (χ3v) is 5.79. The first-order chi connectivity index (χ1) is 15.5. The van der Waals surface area contributed by atoms with Crippen LogP contribution in [0.3, 0.4) is 0 Å². The standard InChI is InChI=1S/C24H18Cl2FN3O2/c25-18-10-4-1-7-15(18)21-13-22(17-9-3-6-12-20(17)27)30(29-21)23(31)14-28-24(32)16-8-2-5-11-19(16)26/h1-12,22H,13-14H2,(H,28,32). The molecule has 0 saturated carbocycles. The fourth-order valence-corrected chi connectivity index (χ4v) is 4.03. The number of carbonyl (C=O) groups is 2. The molecule has 162 valence electrons. The number of halogens is 3. The number of hydrazone groups is 1. The fourth-order valence-electron chi connectivity index (χ4n) is 3.56. The Morgan fingerprint density at radius 2 is 1.62 bits per heavy atom. The smallest absolute Gasteiger partial charge is 0.262 e. The van der Waals surface area contributed by atoms with E-state index in [1.807, 2.05) is 6.07 Å². The van der Waals surface area contributed by atoms with Crippen molar-refractivity contribution < 1.29 is 14.0 Å². The Kier molecular flexibility index (Phi) is 6.53. The molecule has 4 rings (SSSR count). The molecule has 0 saturated heterocycles. The molecule has 32 heavy (non-hydrogen) atoms. The molecule has 1 aliphatic heterocycles. The molecule has 0 fully saturated rings. The van der Waals surface area contributed by atoms with Gasteiger partial charge >= 0.3 is 0 Å². The summed E-state index contributed by atoms with van der Waals surface area (Å²) < 4.78 is 14.6. The molecule has 0 spiro atoms. The van der Waals surface area contributed by atoms with Crippen molar-refractivity contribution in [1.29, 1.82) is 0 Å². The number of hydrogen-bond acceptors (Lipinski definition) is 3. The highest BCUT2D eigenvalue weighted by Gasteiger charge is 2.35. The van der Waals surface area contributed by atoms with Crippen molar-refractivity contribution in [2.75, 3.05) is 6.54 Å². The third kappa shape index (κ3) is 4.52. The van der Waals surface area contributed by atoms with Crippen LogP contribution in [0.2, 0.25) is 10.0 Å². The molecule has 0 aliphatic carbocycles. The van der Waals surface area contributed by atoms with Gasteiger partial charge in [-0.3, -0.25) is 9.59 Å². The fraction of sp³-hybridized carbons (Fsp3) is 0.125. The summed E-state index contributed by atoms with van der Waals surface area (Å²) in [6.07, 6.45) is 0.287. The topological polar surface area (TPSA) is 61.8 Å². The number of carbonyl (C=O) groups excluding carboxylic acids is 2. The third-order valence-electron chi connectivity index (χ3n) is 5.13. The predicted molar refractivity (Wildman–Crippen MR) is 122 cm³/mol. The van der Waals surface area contributed by atoms with Gasteiger partial charge in [0, 0.05) is 22.6 Å². The summed E-state index contributed by atoms with van der Waals surface area (Å²) in [5, 5.41) is 9.00. The summed E-state index contributed by atoms with van der Waals surface area (Å²) in [6, 6.07) is 19.3. The summed E-state index contributed by atoms with van der Waals surface area (Å²) in [6.45, 7) is -0.325. The number of nitrogens with zero attached hydrogens (tertiary/aromatic N) is 2. The molecule has 3 aromatic carbocycles. The molecule has 8 heteroatoms. The van der Waals surface area contributed by atoms with Crippen LogP contribution >= 0.6 is 23.2 Å².